The van der Waals surface area contributed by atoms with Crippen LogP contribution in [0.25, 0.3) is 0 Å². The molecule has 2 fully saturated rings. The van der Waals surface area contributed by atoms with Gasteiger partial charge in [0.05, 0.1) is 11.7 Å². The van der Waals surface area contributed by atoms with Crippen molar-refractivity contribution in [3.8, 4) is 0 Å². The van der Waals surface area contributed by atoms with Crippen LogP contribution in [-0.2, 0) is 6.54 Å². The summed E-state index contributed by atoms with van der Waals surface area (Å²) in [5.74, 6) is 0. The lowest BCUT2D eigenvalue weighted by Crippen LogP contribution is -2.42. The van der Waals surface area contributed by atoms with E-state index in [9.17, 15) is 0 Å². The largest absolute Gasteiger partial charge is 0.329 e. The average Bonchev–Trinajstić information content (AvgIpc) is 2.87. The van der Waals surface area contributed by atoms with Gasteiger partial charge in [-0.2, -0.15) is 5.10 Å². The Morgan fingerprint density at radius 1 is 1.15 bits per heavy atom. The molecule has 0 spiro atoms. The van der Waals surface area contributed by atoms with E-state index in [2.05, 4.69) is 21.8 Å². The zero-order chi connectivity index (χ0) is 13.8. The molecule has 0 saturated heterocycles. The van der Waals surface area contributed by atoms with Crippen molar-refractivity contribution in [2.45, 2.75) is 70.0 Å². The summed E-state index contributed by atoms with van der Waals surface area (Å²) >= 11 is 0. The quantitative estimate of drug-likeness (QED) is 0.869. The molecule has 0 aromatic carbocycles. The van der Waals surface area contributed by atoms with E-state index in [0.717, 1.165) is 25.7 Å². The summed E-state index contributed by atoms with van der Waals surface area (Å²) in [6.45, 7) is 2.72. The Morgan fingerprint density at radius 2 is 1.95 bits per heavy atom. The van der Waals surface area contributed by atoms with E-state index < -0.39 is 0 Å². The van der Waals surface area contributed by atoms with E-state index in [1.165, 1.54) is 57.1 Å². The van der Waals surface area contributed by atoms with Gasteiger partial charge in [0, 0.05) is 31.9 Å². The molecule has 0 radical (unpaired) electrons. The van der Waals surface area contributed by atoms with Crippen molar-refractivity contribution in [1.29, 1.82) is 0 Å². The molecule has 0 amide bonds. The minimum absolute atomic E-state index is 0.643. The zero-order valence-corrected chi connectivity index (χ0v) is 12.5. The molecule has 2 aliphatic carbocycles. The summed E-state index contributed by atoms with van der Waals surface area (Å²) in [7, 11) is 0. The third-order valence-corrected chi connectivity index (χ3v) is 4.98. The second-order valence-electron chi connectivity index (χ2n) is 6.42. The number of hydrogen-bond acceptors (Lipinski definition) is 3. The predicted molar refractivity (Wildman–Crippen MR) is 81.5 cm³/mol. The fraction of sp³-hybridized carbons (Fsp3) is 0.812. The van der Waals surface area contributed by atoms with Crippen molar-refractivity contribution < 1.29 is 0 Å². The Labute approximate surface area is 122 Å². The topological polar surface area (TPSA) is 47.1 Å². The van der Waals surface area contributed by atoms with Crippen molar-refractivity contribution in [3.05, 3.63) is 18.0 Å². The molecule has 0 unspecified atom stereocenters. The van der Waals surface area contributed by atoms with E-state index in [-0.39, 0.29) is 0 Å². The summed E-state index contributed by atoms with van der Waals surface area (Å²) in [5, 5.41) is 4.83. The maximum Gasteiger partial charge on any atom is 0.0765 e. The second-order valence-corrected chi connectivity index (χ2v) is 6.42. The molecular formula is C16H28N4. The van der Waals surface area contributed by atoms with E-state index in [4.69, 9.17) is 10.8 Å². The van der Waals surface area contributed by atoms with E-state index in [1.54, 1.807) is 0 Å². The third-order valence-electron chi connectivity index (χ3n) is 4.98. The van der Waals surface area contributed by atoms with E-state index in [0.29, 0.717) is 6.04 Å². The van der Waals surface area contributed by atoms with Gasteiger partial charge < -0.3 is 5.73 Å². The van der Waals surface area contributed by atoms with Crippen LogP contribution in [0.15, 0.2) is 12.3 Å². The Hall–Kier alpha value is -0.870. The molecule has 1 heterocycles. The standard InChI is InChI=1S/C16H28N4/c17-10-12-19(15-7-4-8-15)13-14-9-11-20(18-14)16-5-2-1-3-6-16/h9,11,15-16H,1-8,10,12-13,17H2. The Morgan fingerprint density at radius 3 is 2.60 bits per heavy atom. The molecule has 20 heavy (non-hydrogen) atoms. The Bertz CT molecular complexity index is 404. The highest BCUT2D eigenvalue weighted by molar-refractivity contribution is 5.01. The van der Waals surface area contributed by atoms with Crippen LogP contribution in [0.2, 0.25) is 0 Å². The molecule has 1 aromatic rings. The molecule has 3 rings (SSSR count). The van der Waals surface area contributed by atoms with Gasteiger partial charge >= 0.3 is 0 Å². The number of rotatable bonds is 6. The SMILES string of the molecule is NCCN(Cc1ccn(C2CCCCC2)n1)C1CCC1. The van der Waals surface area contributed by atoms with Crippen molar-refractivity contribution in [2.75, 3.05) is 13.1 Å². The van der Waals surface area contributed by atoms with Crippen LogP contribution in [0.1, 0.15) is 63.1 Å². The minimum Gasteiger partial charge on any atom is -0.329 e. The zero-order valence-electron chi connectivity index (χ0n) is 12.5. The Balaban J connectivity index is 1.60. The molecular weight excluding hydrogens is 248 g/mol. The molecule has 2 N–H and O–H groups in total. The van der Waals surface area contributed by atoms with Crippen molar-refractivity contribution in [3.63, 3.8) is 0 Å². The van der Waals surface area contributed by atoms with Gasteiger partial charge in [0.15, 0.2) is 0 Å². The van der Waals surface area contributed by atoms with Gasteiger partial charge in [0.25, 0.3) is 0 Å². The molecule has 1 aromatic heterocycles. The van der Waals surface area contributed by atoms with Crippen LogP contribution in [-0.4, -0.2) is 33.8 Å². The third kappa shape index (κ3) is 3.23. The highest BCUT2D eigenvalue weighted by atomic mass is 15.3. The lowest BCUT2D eigenvalue weighted by atomic mass is 9.91. The average molecular weight is 276 g/mol. The summed E-state index contributed by atoms with van der Waals surface area (Å²) in [5.41, 5.74) is 6.97. The van der Waals surface area contributed by atoms with E-state index in [1.807, 2.05) is 0 Å². The predicted octanol–water partition coefficient (Wildman–Crippen LogP) is 2.70. The molecule has 0 bridgehead atoms. The smallest absolute Gasteiger partial charge is 0.0765 e. The highest BCUT2D eigenvalue weighted by Crippen LogP contribution is 2.28. The summed E-state index contributed by atoms with van der Waals surface area (Å²) in [6.07, 6.45) is 13.0. The van der Waals surface area contributed by atoms with Crippen LogP contribution >= 0.6 is 0 Å². The highest BCUT2D eigenvalue weighted by Gasteiger charge is 2.25. The van der Waals surface area contributed by atoms with Crippen molar-refractivity contribution in [2.24, 2.45) is 5.73 Å². The van der Waals surface area contributed by atoms with Gasteiger partial charge in [0.1, 0.15) is 0 Å². The van der Waals surface area contributed by atoms with Crippen LogP contribution in [0.3, 0.4) is 0 Å². The van der Waals surface area contributed by atoms with Crippen LogP contribution < -0.4 is 5.73 Å². The molecule has 4 heteroatoms. The number of nitrogens with zero attached hydrogens (tertiary/aromatic N) is 3. The Kier molecular flexibility index (Phi) is 4.73. The minimum atomic E-state index is 0.643. The van der Waals surface area contributed by atoms with Gasteiger partial charge in [-0.1, -0.05) is 25.7 Å². The van der Waals surface area contributed by atoms with Gasteiger partial charge in [0.2, 0.25) is 0 Å². The lowest BCUT2D eigenvalue weighted by Gasteiger charge is -2.37. The summed E-state index contributed by atoms with van der Waals surface area (Å²) in [6, 6.07) is 3.60. The fourth-order valence-electron chi connectivity index (χ4n) is 3.53. The first-order valence-electron chi connectivity index (χ1n) is 8.35. The molecule has 4 nitrogen and oxygen atoms in total. The molecule has 0 atom stereocenters. The first-order valence-corrected chi connectivity index (χ1v) is 8.35. The number of hydrogen-bond donors (Lipinski definition) is 1. The maximum absolute atomic E-state index is 5.75. The van der Waals surface area contributed by atoms with Crippen LogP contribution in [0, 0.1) is 0 Å². The van der Waals surface area contributed by atoms with Crippen molar-refractivity contribution >= 4 is 0 Å². The summed E-state index contributed by atoms with van der Waals surface area (Å²) in [4.78, 5) is 2.52. The normalized spacial score (nSPS) is 21.3. The molecule has 2 aliphatic rings. The lowest BCUT2D eigenvalue weighted by molar-refractivity contribution is 0.121. The maximum atomic E-state index is 5.75. The number of aromatic nitrogens is 2. The molecule has 2 saturated carbocycles. The van der Waals surface area contributed by atoms with Crippen LogP contribution in [0.4, 0.5) is 0 Å². The number of nitrogens with two attached hydrogens (primary N) is 1. The van der Waals surface area contributed by atoms with Crippen LogP contribution in [0.5, 0.6) is 0 Å². The molecule has 0 aliphatic heterocycles. The van der Waals surface area contributed by atoms with Gasteiger partial charge in [-0.3, -0.25) is 9.58 Å². The van der Waals surface area contributed by atoms with Gasteiger partial charge in [-0.15, -0.1) is 0 Å². The van der Waals surface area contributed by atoms with Crippen molar-refractivity contribution in [1.82, 2.24) is 14.7 Å². The summed E-state index contributed by atoms with van der Waals surface area (Å²) < 4.78 is 2.22. The second kappa shape index (κ2) is 6.72. The van der Waals surface area contributed by atoms with Gasteiger partial charge in [-0.25, -0.2) is 0 Å². The first kappa shape index (κ1) is 14.1. The van der Waals surface area contributed by atoms with Gasteiger partial charge in [-0.05, 0) is 31.7 Å². The fourth-order valence-corrected chi connectivity index (χ4v) is 3.53. The first-order chi connectivity index (χ1) is 9.86. The monoisotopic (exact) mass is 276 g/mol. The molecule has 112 valence electrons. The van der Waals surface area contributed by atoms with E-state index >= 15 is 0 Å².